The predicted octanol–water partition coefficient (Wildman–Crippen LogP) is 0.917. The predicted molar refractivity (Wildman–Crippen MR) is 60.3 cm³/mol. The maximum Gasteiger partial charge on any atom is 0.310 e. The van der Waals surface area contributed by atoms with E-state index in [2.05, 4.69) is 4.98 Å². The molecule has 2 rings (SSSR count). The molecule has 0 unspecified atom stereocenters. The lowest BCUT2D eigenvalue weighted by atomic mass is 10.1. The van der Waals surface area contributed by atoms with Gasteiger partial charge in [-0.2, -0.15) is 0 Å². The summed E-state index contributed by atoms with van der Waals surface area (Å²) >= 11 is 0. The number of aromatic nitrogens is 1. The molecule has 1 fully saturated rings. The average Bonchev–Trinajstić information content (AvgIpc) is 2.29. The molecular weight excluding hydrogens is 208 g/mol. The first-order valence-electron chi connectivity index (χ1n) is 5.27. The Morgan fingerprint density at radius 2 is 2.44 bits per heavy atom. The van der Waals surface area contributed by atoms with Crippen LogP contribution in [-0.2, 0) is 0 Å². The third-order valence-electron chi connectivity index (χ3n) is 2.77. The van der Waals surface area contributed by atoms with Crippen molar-refractivity contribution in [1.82, 2.24) is 4.98 Å². The molecule has 0 aliphatic carbocycles. The molecular formula is C10H14N4O2. The van der Waals surface area contributed by atoms with Gasteiger partial charge in [0.2, 0.25) is 0 Å². The van der Waals surface area contributed by atoms with Crippen molar-refractivity contribution >= 4 is 11.4 Å². The molecule has 1 atom stereocenters. The standard InChI is InChI=1S/C10H14N4O2/c11-8-2-1-5-13(7-8)9-3-4-12-6-10(9)14(15)16/h3-4,6,8H,1-2,5,7,11H2/t8-/m1/s1. The fourth-order valence-electron chi connectivity index (χ4n) is 2.02. The highest BCUT2D eigenvalue weighted by Crippen LogP contribution is 2.28. The molecule has 0 aromatic carbocycles. The van der Waals surface area contributed by atoms with Crippen LogP contribution in [-0.4, -0.2) is 29.0 Å². The first kappa shape index (κ1) is 10.8. The fraction of sp³-hybridized carbons (Fsp3) is 0.500. The van der Waals surface area contributed by atoms with Crippen molar-refractivity contribution in [3.05, 3.63) is 28.6 Å². The Morgan fingerprint density at radius 1 is 1.62 bits per heavy atom. The Morgan fingerprint density at radius 3 is 3.12 bits per heavy atom. The molecule has 1 aliphatic heterocycles. The lowest BCUT2D eigenvalue weighted by Gasteiger charge is -2.31. The van der Waals surface area contributed by atoms with Gasteiger partial charge in [-0.05, 0) is 18.9 Å². The Hall–Kier alpha value is -1.69. The molecule has 86 valence electrons. The zero-order valence-electron chi connectivity index (χ0n) is 8.87. The van der Waals surface area contributed by atoms with Gasteiger partial charge in [0.15, 0.2) is 0 Å². The molecule has 16 heavy (non-hydrogen) atoms. The van der Waals surface area contributed by atoms with Gasteiger partial charge in [-0.3, -0.25) is 15.1 Å². The van der Waals surface area contributed by atoms with Crippen molar-refractivity contribution in [3.63, 3.8) is 0 Å². The third-order valence-corrected chi connectivity index (χ3v) is 2.77. The third kappa shape index (κ3) is 2.11. The van der Waals surface area contributed by atoms with Crippen molar-refractivity contribution in [2.75, 3.05) is 18.0 Å². The highest BCUT2D eigenvalue weighted by Gasteiger charge is 2.23. The number of hydrogen-bond acceptors (Lipinski definition) is 5. The number of nitrogens with two attached hydrogens (primary N) is 1. The summed E-state index contributed by atoms with van der Waals surface area (Å²) in [6, 6.07) is 1.78. The van der Waals surface area contributed by atoms with E-state index >= 15 is 0 Å². The van der Waals surface area contributed by atoms with Crippen LogP contribution >= 0.6 is 0 Å². The maximum absolute atomic E-state index is 10.9. The lowest BCUT2D eigenvalue weighted by molar-refractivity contribution is -0.384. The van der Waals surface area contributed by atoms with E-state index < -0.39 is 4.92 Å². The van der Waals surface area contributed by atoms with Crippen LogP contribution in [0.4, 0.5) is 11.4 Å². The Labute approximate surface area is 93.2 Å². The molecule has 6 nitrogen and oxygen atoms in total. The number of pyridine rings is 1. The summed E-state index contributed by atoms with van der Waals surface area (Å²) in [5, 5.41) is 10.9. The lowest BCUT2D eigenvalue weighted by Crippen LogP contribution is -2.43. The van der Waals surface area contributed by atoms with E-state index in [1.165, 1.54) is 6.20 Å². The van der Waals surface area contributed by atoms with Gasteiger partial charge < -0.3 is 10.6 Å². The largest absolute Gasteiger partial charge is 0.364 e. The highest BCUT2D eigenvalue weighted by atomic mass is 16.6. The maximum atomic E-state index is 10.9. The first-order valence-corrected chi connectivity index (χ1v) is 5.27. The van der Waals surface area contributed by atoms with Crippen molar-refractivity contribution in [3.8, 4) is 0 Å². The van der Waals surface area contributed by atoms with Gasteiger partial charge in [-0.15, -0.1) is 0 Å². The molecule has 0 bridgehead atoms. The van der Waals surface area contributed by atoms with E-state index in [-0.39, 0.29) is 11.7 Å². The van der Waals surface area contributed by atoms with Gasteiger partial charge in [0.1, 0.15) is 11.9 Å². The second kappa shape index (κ2) is 4.44. The van der Waals surface area contributed by atoms with Crippen LogP contribution < -0.4 is 10.6 Å². The molecule has 0 spiro atoms. The van der Waals surface area contributed by atoms with Crippen LogP contribution in [0.1, 0.15) is 12.8 Å². The summed E-state index contributed by atoms with van der Waals surface area (Å²) in [7, 11) is 0. The quantitative estimate of drug-likeness (QED) is 0.594. The Balaban J connectivity index is 2.28. The molecule has 1 saturated heterocycles. The number of anilines is 1. The van der Waals surface area contributed by atoms with E-state index in [4.69, 9.17) is 5.73 Å². The van der Waals surface area contributed by atoms with Crippen LogP contribution in [0.25, 0.3) is 0 Å². The van der Waals surface area contributed by atoms with Gasteiger partial charge >= 0.3 is 5.69 Å². The number of nitrogens with zero attached hydrogens (tertiary/aromatic N) is 3. The summed E-state index contributed by atoms with van der Waals surface area (Å²) in [4.78, 5) is 16.2. The second-order valence-electron chi connectivity index (χ2n) is 3.97. The van der Waals surface area contributed by atoms with Crippen molar-refractivity contribution in [1.29, 1.82) is 0 Å². The van der Waals surface area contributed by atoms with Crippen molar-refractivity contribution in [2.45, 2.75) is 18.9 Å². The van der Waals surface area contributed by atoms with Crippen LogP contribution in [0.2, 0.25) is 0 Å². The summed E-state index contributed by atoms with van der Waals surface area (Å²) < 4.78 is 0. The van der Waals surface area contributed by atoms with Gasteiger partial charge in [-0.1, -0.05) is 0 Å². The van der Waals surface area contributed by atoms with Gasteiger partial charge in [-0.25, -0.2) is 0 Å². The Bertz CT molecular complexity index is 396. The molecule has 0 amide bonds. The van der Waals surface area contributed by atoms with E-state index in [1.54, 1.807) is 12.3 Å². The van der Waals surface area contributed by atoms with E-state index in [0.29, 0.717) is 12.2 Å². The fourth-order valence-corrected chi connectivity index (χ4v) is 2.02. The minimum absolute atomic E-state index is 0.0524. The van der Waals surface area contributed by atoms with E-state index in [0.717, 1.165) is 19.4 Å². The summed E-state index contributed by atoms with van der Waals surface area (Å²) in [6.45, 7) is 1.49. The average molecular weight is 222 g/mol. The number of hydrogen-bond donors (Lipinski definition) is 1. The zero-order chi connectivity index (χ0) is 11.5. The SMILES string of the molecule is N[C@@H]1CCCN(c2ccncc2[N+](=O)[O-])C1. The zero-order valence-corrected chi connectivity index (χ0v) is 8.87. The van der Waals surface area contributed by atoms with Crippen LogP contribution in [0, 0.1) is 10.1 Å². The van der Waals surface area contributed by atoms with E-state index in [9.17, 15) is 10.1 Å². The highest BCUT2D eigenvalue weighted by molar-refractivity contribution is 5.61. The molecule has 0 saturated carbocycles. The van der Waals surface area contributed by atoms with Crippen LogP contribution in [0.15, 0.2) is 18.5 Å². The minimum Gasteiger partial charge on any atom is -0.364 e. The monoisotopic (exact) mass is 222 g/mol. The summed E-state index contributed by atoms with van der Waals surface area (Å²) in [5.41, 5.74) is 6.53. The molecule has 0 radical (unpaired) electrons. The van der Waals surface area contributed by atoms with Crippen molar-refractivity contribution < 1.29 is 4.92 Å². The summed E-state index contributed by atoms with van der Waals surface area (Å²) in [5.74, 6) is 0. The first-order chi connectivity index (χ1) is 7.68. The molecule has 6 heteroatoms. The van der Waals surface area contributed by atoms with Crippen molar-refractivity contribution in [2.24, 2.45) is 5.73 Å². The molecule has 1 aromatic heterocycles. The van der Waals surface area contributed by atoms with Crippen LogP contribution in [0.5, 0.6) is 0 Å². The van der Waals surface area contributed by atoms with Gasteiger partial charge in [0.05, 0.1) is 4.92 Å². The normalized spacial score (nSPS) is 20.8. The smallest absolute Gasteiger partial charge is 0.310 e. The molecule has 2 heterocycles. The van der Waals surface area contributed by atoms with Gasteiger partial charge in [0, 0.05) is 25.3 Å². The minimum atomic E-state index is -0.400. The molecule has 1 aliphatic rings. The molecule has 2 N–H and O–H groups in total. The second-order valence-corrected chi connectivity index (χ2v) is 3.97. The topological polar surface area (TPSA) is 85.3 Å². The number of piperidine rings is 1. The number of nitro groups is 1. The van der Waals surface area contributed by atoms with Gasteiger partial charge in [0.25, 0.3) is 0 Å². The summed E-state index contributed by atoms with van der Waals surface area (Å²) in [6.07, 6.45) is 4.81. The Kier molecular flexibility index (Phi) is 3.00. The van der Waals surface area contributed by atoms with Crippen LogP contribution in [0.3, 0.4) is 0 Å². The molecule has 1 aromatic rings. The van der Waals surface area contributed by atoms with E-state index in [1.807, 2.05) is 4.90 Å². The number of rotatable bonds is 2.